The van der Waals surface area contributed by atoms with E-state index in [1.807, 2.05) is 0 Å². The van der Waals surface area contributed by atoms with Gasteiger partial charge in [-0.3, -0.25) is 4.79 Å². The number of carbonyl (C=O) groups excluding carboxylic acids is 1. The number of para-hydroxylation sites is 1. The molecule has 0 atom stereocenters. The maximum absolute atomic E-state index is 12.0. The molecule has 88 valence electrons. The Hall–Kier alpha value is -1.60. The van der Waals surface area contributed by atoms with E-state index in [4.69, 9.17) is 10.2 Å². The Morgan fingerprint density at radius 1 is 1.12 bits per heavy atom. The number of nitrogens with one attached hydrogen (secondary N) is 1. The van der Waals surface area contributed by atoms with Gasteiger partial charge in [-0.15, -0.1) is 0 Å². The second kappa shape index (κ2) is 4.11. The fraction of sp³-hybridized carbons (Fsp3) is 0.222. The second-order valence-electron chi connectivity index (χ2n) is 2.99. The Morgan fingerprint density at radius 2 is 1.62 bits per heavy atom. The first-order valence-corrected chi connectivity index (χ1v) is 4.13. The van der Waals surface area contributed by atoms with E-state index in [0.29, 0.717) is 0 Å². The number of carbonyl (C=O) groups is 1. The number of amides is 1. The largest absolute Gasteiger partial charge is 0.453 e. The fourth-order valence-corrected chi connectivity index (χ4v) is 0.868. The summed E-state index contributed by atoms with van der Waals surface area (Å²) >= 11 is 0. The number of anilines is 1. The van der Waals surface area contributed by atoms with Gasteiger partial charge in [0.25, 0.3) is 5.91 Å². The zero-order valence-electron chi connectivity index (χ0n) is 7.82. The van der Waals surface area contributed by atoms with E-state index < -0.39 is 17.9 Å². The first-order chi connectivity index (χ1) is 7.25. The smallest absolute Gasteiger partial charge is 0.351 e. The summed E-state index contributed by atoms with van der Waals surface area (Å²) in [5.74, 6) is -6.35. The number of aliphatic hydroxyl groups is 2. The molecule has 16 heavy (non-hydrogen) atoms. The molecule has 0 aliphatic carbocycles. The van der Waals surface area contributed by atoms with Gasteiger partial charge in [0.1, 0.15) is 0 Å². The van der Waals surface area contributed by atoms with Crippen molar-refractivity contribution in [2.24, 2.45) is 0 Å². The van der Waals surface area contributed by atoms with Crippen molar-refractivity contribution >= 4 is 11.6 Å². The van der Waals surface area contributed by atoms with Gasteiger partial charge in [0.2, 0.25) is 0 Å². The molecule has 1 rings (SSSR count). The molecular formula is C9H8F3NO3. The molecule has 0 fully saturated rings. The van der Waals surface area contributed by atoms with Crippen LogP contribution in [0.4, 0.5) is 18.9 Å². The van der Waals surface area contributed by atoms with E-state index in [1.54, 1.807) is 11.4 Å². The van der Waals surface area contributed by atoms with Crippen LogP contribution in [0.15, 0.2) is 30.3 Å². The third kappa shape index (κ3) is 2.50. The summed E-state index contributed by atoms with van der Waals surface area (Å²) in [6.07, 6.45) is -5.45. The number of hydrogen-bond donors (Lipinski definition) is 3. The van der Waals surface area contributed by atoms with Crippen molar-refractivity contribution in [1.29, 1.82) is 0 Å². The average Bonchev–Trinajstić information content (AvgIpc) is 2.17. The predicted octanol–water partition coefficient (Wildman–Crippen LogP) is 0.868. The van der Waals surface area contributed by atoms with Gasteiger partial charge in [0, 0.05) is 5.69 Å². The van der Waals surface area contributed by atoms with E-state index in [9.17, 15) is 18.0 Å². The molecule has 7 heteroatoms. The molecule has 0 aliphatic heterocycles. The molecule has 0 unspecified atom stereocenters. The Morgan fingerprint density at radius 3 is 2.06 bits per heavy atom. The van der Waals surface area contributed by atoms with Gasteiger partial charge in [-0.2, -0.15) is 13.2 Å². The summed E-state index contributed by atoms with van der Waals surface area (Å²) in [6.45, 7) is 0. The lowest BCUT2D eigenvalue weighted by Crippen LogP contribution is -2.54. The second-order valence-corrected chi connectivity index (χ2v) is 2.99. The molecular weight excluding hydrogens is 227 g/mol. The molecule has 0 bridgehead atoms. The highest BCUT2D eigenvalue weighted by Gasteiger charge is 2.59. The van der Waals surface area contributed by atoms with Crippen LogP contribution < -0.4 is 5.32 Å². The van der Waals surface area contributed by atoms with Crippen molar-refractivity contribution in [3.63, 3.8) is 0 Å². The summed E-state index contributed by atoms with van der Waals surface area (Å²) < 4.78 is 36.1. The van der Waals surface area contributed by atoms with Crippen LogP contribution in [0.1, 0.15) is 0 Å². The van der Waals surface area contributed by atoms with Gasteiger partial charge in [-0.25, -0.2) is 0 Å². The number of hydrogen-bond acceptors (Lipinski definition) is 3. The third-order valence-corrected chi connectivity index (χ3v) is 1.74. The summed E-state index contributed by atoms with van der Waals surface area (Å²) in [7, 11) is 0. The van der Waals surface area contributed by atoms with Crippen molar-refractivity contribution in [3.8, 4) is 0 Å². The molecule has 0 aliphatic rings. The molecule has 1 aromatic rings. The highest BCUT2D eigenvalue weighted by atomic mass is 19.4. The van der Waals surface area contributed by atoms with E-state index in [-0.39, 0.29) is 5.69 Å². The minimum atomic E-state index is -5.45. The van der Waals surface area contributed by atoms with Crippen molar-refractivity contribution in [2.45, 2.75) is 12.0 Å². The van der Waals surface area contributed by atoms with Crippen LogP contribution in [0.25, 0.3) is 0 Å². The number of rotatable bonds is 2. The highest BCUT2D eigenvalue weighted by Crippen LogP contribution is 2.29. The Labute approximate surface area is 88.3 Å². The van der Waals surface area contributed by atoms with Crippen LogP contribution in [0.5, 0.6) is 0 Å². The average molecular weight is 235 g/mol. The number of halogens is 3. The Kier molecular flexibility index (Phi) is 3.20. The standard InChI is InChI=1S/C9H8F3NO3/c10-9(11,12)8(15,16)7(14)13-6-4-2-1-3-5-6/h1-5,15-16H,(H,13,14). The molecule has 0 heterocycles. The first kappa shape index (κ1) is 12.5. The van der Waals surface area contributed by atoms with Gasteiger partial charge >= 0.3 is 12.0 Å². The SMILES string of the molecule is O=C(Nc1ccccc1)C(O)(O)C(F)(F)F. The van der Waals surface area contributed by atoms with E-state index in [0.717, 1.165) is 0 Å². The molecule has 1 aromatic carbocycles. The van der Waals surface area contributed by atoms with E-state index in [1.165, 1.54) is 24.3 Å². The molecule has 4 nitrogen and oxygen atoms in total. The zero-order valence-corrected chi connectivity index (χ0v) is 7.82. The van der Waals surface area contributed by atoms with Crippen molar-refractivity contribution < 1.29 is 28.2 Å². The first-order valence-electron chi connectivity index (χ1n) is 4.13. The Balaban J connectivity index is 2.81. The van der Waals surface area contributed by atoms with E-state index >= 15 is 0 Å². The van der Waals surface area contributed by atoms with Crippen molar-refractivity contribution in [3.05, 3.63) is 30.3 Å². The number of alkyl halides is 3. The molecule has 0 aromatic heterocycles. The molecule has 3 N–H and O–H groups in total. The lowest BCUT2D eigenvalue weighted by molar-refractivity contribution is -0.326. The minimum absolute atomic E-state index is 0.0317. The Bertz CT molecular complexity index is 375. The predicted molar refractivity (Wildman–Crippen MR) is 48.3 cm³/mol. The van der Waals surface area contributed by atoms with Crippen molar-refractivity contribution in [2.75, 3.05) is 5.32 Å². The summed E-state index contributed by atoms with van der Waals surface area (Å²) in [5, 5.41) is 18.9. The quantitative estimate of drug-likeness (QED) is 0.666. The van der Waals surface area contributed by atoms with Gasteiger partial charge in [0.05, 0.1) is 0 Å². The van der Waals surface area contributed by atoms with Gasteiger partial charge in [0.15, 0.2) is 0 Å². The van der Waals surface area contributed by atoms with Crippen LogP contribution >= 0.6 is 0 Å². The zero-order chi connectivity index (χ0) is 12.4. The van der Waals surface area contributed by atoms with Gasteiger partial charge in [-0.05, 0) is 12.1 Å². The third-order valence-electron chi connectivity index (χ3n) is 1.74. The lowest BCUT2D eigenvalue weighted by atomic mass is 10.2. The maximum Gasteiger partial charge on any atom is 0.453 e. The molecule has 0 radical (unpaired) electrons. The molecule has 0 spiro atoms. The summed E-state index contributed by atoms with van der Waals surface area (Å²) in [4.78, 5) is 10.9. The van der Waals surface area contributed by atoms with Crippen LogP contribution in [-0.2, 0) is 4.79 Å². The summed E-state index contributed by atoms with van der Waals surface area (Å²) in [5.41, 5.74) is 0.0317. The highest BCUT2D eigenvalue weighted by molar-refractivity contribution is 5.96. The van der Waals surface area contributed by atoms with Gasteiger partial charge < -0.3 is 15.5 Å². The van der Waals surface area contributed by atoms with Crippen LogP contribution in [0.3, 0.4) is 0 Å². The summed E-state index contributed by atoms with van der Waals surface area (Å²) in [6, 6.07) is 7.15. The molecule has 1 amide bonds. The van der Waals surface area contributed by atoms with Crippen molar-refractivity contribution in [1.82, 2.24) is 0 Å². The van der Waals surface area contributed by atoms with Crippen LogP contribution in [-0.4, -0.2) is 28.1 Å². The van der Waals surface area contributed by atoms with E-state index in [2.05, 4.69) is 0 Å². The monoisotopic (exact) mass is 235 g/mol. The maximum atomic E-state index is 12.0. The lowest BCUT2D eigenvalue weighted by Gasteiger charge is -2.22. The molecule has 0 saturated carbocycles. The topological polar surface area (TPSA) is 69.6 Å². The van der Waals surface area contributed by atoms with Crippen LogP contribution in [0.2, 0.25) is 0 Å². The normalized spacial score (nSPS) is 12.3. The molecule has 0 saturated heterocycles. The van der Waals surface area contributed by atoms with Crippen LogP contribution in [0, 0.1) is 0 Å². The van der Waals surface area contributed by atoms with Gasteiger partial charge in [-0.1, -0.05) is 18.2 Å². The minimum Gasteiger partial charge on any atom is -0.351 e. The number of benzene rings is 1. The fourth-order valence-electron chi connectivity index (χ4n) is 0.868.